The van der Waals surface area contributed by atoms with Crippen LogP contribution in [-0.2, 0) is 17.8 Å². The van der Waals surface area contributed by atoms with E-state index < -0.39 is 5.97 Å². The molecule has 5 nitrogen and oxygen atoms in total. The highest BCUT2D eigenvalue weighted by Gasteiger charge is 2.12. The number of carbonyl (C=O) groups excluding carboxylic acids is 1. The fourth-order valence-corrected chi connectivity index (χ4v) is 3.35. The average Bonchev–Trinajstić information content (AvgIpc) is 2.76. The van der Waals surface area contributed by atoms with E-state index in [0.717, 1.165) is 33.2 Å². The number of rotatable bonds is 5. The molecule has 2 rings (SSSR count). The monoisotopic (exact) mass is 318 g/mol. The van der Waals surface area contributed by atoms with Gasteiger partial charge in [0.25, 0.3) is 0 Å². The average molecular weight is 318 g/mol. The number of hydrogen-bond donors (Lipinski definition) is 1. The summed E-state index contributed by atoms with van der Waals surface area (Å²) in [6, 6.07) is 7.10. The van der Waals surface area contributed by atoms with Crippen molar-refractivity contribution in [1.82, 2.24) is 4.57 Å². The van der Waals surface area contributed by atoms with Gasteiger partial charge in [-0.3, -0.25) is 9.59 Å². The Morgan fingerprint density at radius 3 is 2.41 bits per heavy atom. The van der Waals surface area contributed by atoms with Gasteiger partial charge in [0.15, 0.2) is 10.6 Å². The van der Waals surface area contributed by atoms with Crippen LogP contribution in [0.15, 0.2) is 29.3 Å². The molecule has 22 heavy (non-hydrogen) atoms. The van der Waals surface area contributed by atoms with E-state index >= 15 is 0 Å². The van der Waals surface area contributed by atoms with Crippen LogP contribution in [0.25, 0.3) is 0 Å². The highest BCUT2D eigenvalue weighted by Crippen LogP contribution is 2.16. The van der Waals surface area contributed by atoms with Gasteiger partial charge in [0, 0.05) is 19.2 Å². The van der Waals surface area contributed by atoms with E-state index in [1.165, 1.54) is 11.3 Å². The summed E-state index contributed by atoms with van der Waals surface area (Å²) in [5, 5.41) is 8.77. The molecular weight excluding hydrogens is 300 g/mol. The summed E-state index contributed by atoms with van der Waals surface area (Å²) >= 11 is 1.38. The summed E-state index contributed by atoms with van der Waals surface area (Å²) in [4.78, 5) is 28.4. The molecule has 0 aliphatic rings. The summed E-state index contributed by atoms with van der Waals surface area (Å²) < 4.78 is 2.01. The first-order chi connectivity index (χ1) is 10.4. The first-order valence-corrected chi connectivity index (χ1v) is 7.80. The van der Waals surface area contributed by atoms with Gasteiger partial charge in [-0.25, -0.2) is 4.99 Å². The number of aromatic nitrogens is 1. The number of carboxylic acids is 1. The molecule has 0 spiro atoms. The van der Waals surface area contributed by atoms with Crippen molar-refractivity contribution in [3.8, 4) is 0 Å². The van der Waals surface area contributed by atoms with Crippen molar-refractivity contribution in [3.63, 3.8) is 0 Å². The molecule has 2 aromatic rings. The number of ketones is 1. The van der Waals surface area contributed by atoms with E-state index in [0.29, 0.717) is 0 Å². The predicted octanol–water partition coefficient (Wildman–Crippen LogP) is 2.94. The zero-order valence-corrected chi connectivity index (χ0v) is 13.6. The maximum Gasteiger partial charge on any atom is 0.307 e. The summed E-state index contributed by atoms with van der Waals surface area (Å²) in [6.07, 6.45) is 0.00182. The number of thiazole rings is 1. The summed E-state index contributed by atoms with van der Waals surface area (Å²) in [7, 11) is 0. The molecule has 0 radical (unpaired) electrons. The summed E-state index contributed by atoms with van der Waals surface area (Å²) in [5.74, 6) is -0.809. The Kier molecular flexibility index (Phi) is 4.92. The molecule has 116 valence electrons. The SMILES string of the molecule is CCn1c(C)c(C(C)=O)s/c1=N\c1ccc(CC(=O)O)cc1. The number of hydrogen-bond acceptors (Lipinski definition) is 4. The Labute approximate surface area is 132 Å². The Balaban J connectivity index is 2.42. The zero-order valence-electron chi connectivity index (χ0n) is 12.8. The van der Waals surface area contributed by atoms with Gasteiger partial charge in [-0.1, -0.05) is 23.5 Å². The van der Waals surface area contributed by atoms with Crippen LogP contribution >= 0.6 is 11.3 Å². The van der Waals surface area contributed by atoms with Gasteiger partial charge in [0.1, 0.15) is 0 Å². The zero-order chi connectivity index (χ0) is 16.3. The van der Waals surface area contributed by atoms with Crippen LogP contribution in [-0.4, -0.2) is 21.4 Å². The van der Waals surface area contributed by atoms with Crippen molar-refractivity contribution in [1.29, 1.82) is 0 Å². The molecule has 6 heteroatoms. The first-order valence-electron chi connectivity index (χ1n) is 6.99. The van der Waals surface area contributed by atoms with Gasteiger partial charge in [-0.2, -0.15) is 0 Å². The van der Waals surface area contributed by atoms with Crippen molar-refractivity contribution >= 4 is 28.8 Å². The standard InChI is InChI=1S/C16H18N2O3S/c1-4-18-10(2)15(11(3)19)22-16(18)17-13-7-5-12(6-8-13)9-14(20)21/h5-8H,4,9H2,1-3H3,(H,20,21)/b17-16-. The molecule has 0 saturated heterocycles. The molecule has 0 atom stereocenters. The molecule has 1 aromatic carbocycles. The lowest BCUT2D eigenvalue weighted by atomic mass is 10.1. The Morgan fingerprint density at radius 2 is 1.91 bits per heavy atom. The normalized spacial score (nSPS) is 11.7. The Hall–Kier alpha value is -2.21. The van der Waals surface area contributed by atoms with Crippen LogP contribution in [0, 0.1) is 6.92 Å². The van der Waals surface area contributed by atoms with Gasteiger partial charge in [0.05, 0.1) is 17.0 Å². The van der Waals surface area contributed by atoms with Crippen LogP contribution in [0.4, 0.5) is 5.69 Å². The van der Waals surface area contributed by atoms with E-state index in [-0.39, 0.29) is 12.2 Å². The van der Waals surface area contributed by atoms with Crippen molar-refractivity contribution in [2.24, 2.45) is 4.99 Å². The van der Waals surface area contributed by atoms with Crippen LogP contribution in [0.3, 0.4) is 0 Å². The molecule has 0 aliphatic heterocycles. The molecule has 0 aliphatic carbocycles. The number of benzene rings is 1. The molecular formula is C16H18N2O3S. The van der Waals surface area contributed by atoms with Gasteiger partial charge >= 0.3 is 5.97 Å². The molecule has 0 fully saturated rings. The van der Waals surface area contributed by atoms with E-state index in [9.17, 15) is 9.59 Å². The predicted molar refractivity (Wildman–Crippen MR) is 85.7 cm³/mol. The largest absolute Gasteiger partial charge is 0.481 e. The number of Topliss-reactive ketones (excluding diaryl/α,β-unsaturated/α-hetero) is 1. The Bertz CT molecular complexity index is 770. The van der Waals surface area contributed by atoms with Crippen molar-refractivity contribution in [3.05, 3.63) is 45.2 Å². The van der Waals surface area contributed by atoms with Gasteiger partial charge in [-0.05, 0) is 31.5 Å². The molecule has 1 N–H and O–H groups in total. The number of aliphatic carboxylic acids is 1. The van der Waals surface area contributed by atoms with Crippen molar-refractivity contribution in [2.45, 2.75) is 33.7 Å². The van der Waals surface area contributed by atoms with Crippen LogP contribution in [0.1, 0.15) is 34.8 Å². The third kappa shape index (κ3) is 3.51. The van der Waals surface area contributed by atoms with E-state index in [1.54, 1.807) is 31.2 Å². The highest BCUT2D eigenvalue weighted by molar-refractivity contribution is 7.11. The maximum atomic E-state index is 11.6. The number of carbonyl (C=O) groups is 2. The maximum absolute atomic E-state index is 11.6. The molecule has 1 aromatic heterocycles. The quantitative estimate of drug-likeness (QED) is 0.862. The summed E-state index contributed by atoms with van der Waals surface area (Å²) in [6.45, 7) is 6.24. The van der Waals surface area contributed by atoms with Gasteiger partial charge in [0.2, 0.25) is 0 Å². The first kappa shape index (κ1) is 16.2. The topological polar surface area (TPSA) is 71.7 Å². The lowest BCUT2D eigenvalue weighted by Gasteiger charge is -2.02. The minimum atomic E-state index is -0.853. The van der Waals surface area contributed by atoms with Crippen LogP contribution < -0.4 is 4.80 Å². The lowest BCUT2D eigenvalue weighted by Crippen LogP contribution is -2.14. The minimum Gasteiger partial charge on any atom is -0.481 e. The van der Waals surface area contributed by atoms with Crippen molar-refractivity contribution < 1.29 is 14.7 Å². The second-order valence-electron chi connectivity index (χ2n) is 4.95. The fraction of sp³-hybridized carbons (Fsp3) is 0.312. The van der Waals surface area contributed by atoms with Crippen LogP contribution in [0.2, 0.25) is 0 Å². The molecule has 0 amide bonds. The van der Waals surface area contributed by atoms with Gasteiger partial charge < -0.3 is 9.67 Å². The number of carboxylic acid groups (broad SMARTS) is 1. The van der Waals surface area contributed by atoms with E-state index in [2.05, 4.69) is 4.99 Å². The second kappa shape index (κ2) is 6.70. The second-order valence-corrected chi connectivity index (χ2v) is 5.93. The fourth-order valence-electron chi connectivity index (χ4n) is 2.24. The third-order valence-corrected chi connectivity index (χ3v) is 4.59. The van der Waals surface area contributed by atoms with E-state index in [4.69, 9.17) is 5.11 Å². The van der Waals surface area contributed by atoms with E-state index in [1.807, 2.05) is 18.4 Å². The molecule has 1 heterocycles. The minimum absolute atomic E-state index is 0.00182. The van der Waals surface area contributed by atoms with Gasteiger partial charge in [-0.15, -0.1) is 0 Å². The van der Waals surface area contributed by atoms with Crippen molar-refractivity contribution in [2.75, 3.05) is 0 Å². The molecule has 0 unspecified atom stereocenters. The Morgan fingerprint density at radius 1 is 1.27 bits per heavy atom. The smallest absolute Gasteiger partial charge is 0.307 e. The lowest BCUT2D eigenvalue weighted by molar-refractivity contribution is -0.136. The molecule has 0 bridgehead atoms. The highest BCUT2D eigenvalue weighted by atomic mass is 32.1. The molecule has 0 saturated carbocycles. The summed E-state index contributed by atoms with van der Waals surface area (Å²) in [5.41, 5.74) is 2.41. The number of nitrogens with zero attached hydrogens (tertiary/aromatic N) is 2. The van der Waals surface area contributed by atoms with Crippen LogP contribution in [0.5, 0.6) is 0 Å². The third-order valence-electron chi connectivity index (χ3n) is 3.31.